The molecule has 0 aromatic heterocycles. The Morgan fingerprint density at radius 2 is 1.44 bits per heavy atom. The lowest BCUT2D eigenvalue weighted by molar-refractivity contribution is -0.141. The van der Waals surface area contributed by atoms with Gasteiger partial charge in [0.2, 0.25) is 17.7 Å². The Bertz CT molecular complexity index is 676. The fraction of sp³-hybridized carbons (Fsp3) is 0.722. The van der Waals surface area contributed by atoms with Crippen LogP contribution >= 0.6 is 25.3 Å². The summed E-state index contributed by atoms with van der Waals surface area (Å²) in [6.07, 6.45) is 1.22. The van der Waals surface area contributed by atoms with E-state index in [1.807, 2.05) is 13.8 Å². The smallest absolute Gasteiger partial charge is 0.327 e. The van der Waals surface area contributed by atoms with Gasteiger partial charge in [0.05, 0.1) is 6.04 Å². The molecular formula is C18H35N7O5S2. The van der Waals surface area contributed by atoms with E-state index in [0.29, 0.717) is 12.8 Å². The maximum atomic E-state index is 12.8. The Morgan fingerprint density at radius 3 is 1.91 bits per heavy atom. The first-order chi connectivity index (χ1) is 15.0. The van der Waals surface area contributed by atoms with Crippen molar-refractivity contribution in [3.05, 3.63) is 0 Å². The van der Waals surface area contributed by atoms with E-state index in [0.717, 1.165) is 0 Å². The molecule has 0 radical (unpaired) electrons. The third kappa shape index (κ3) is 10.9. The van der Waals surface area contributed by atoms with Gasteiger partial charge in [0.1, 0.15) is 18.1 Å². The second-order valence-corrected chi connectivity index (χ2v) is 7.98. The normalized spacial score (nSPS) is 15.4. The Kier molecular flexibility index (Phi) is 14.5. The molecule has 0 aliphatic heterocycles. The van der Waals surface area contributed by atoms with Crippen LogP contribution in [0.15, 0.2) is 4.99 Å². The summed E-state index contributed by atoms with van der Waals surface area (Å²) in [5.41, 5.74) is 16.5. The van der Waals surface area contributed by atoms with Crippen LogP contribution in [0.2, 0.25) is 0 Å². The van der Waals surface area contributed by atoms with Crippen LogP contribution in [0.25, 0.3) is 0 Å². The van der Waals surface area contributed by atoms with Gasteiger partial charge in [0, 0.05) is 18.1 Å². The number of hydrogen-bond acceptors (Lipinski definition) is 8. The molecule has 3 amide bonds. The number of thiol groups is 2. The quantitative estimate of drug-likeness (QED) is 0.0527. The molecule has 0 saturated carbocycles. The number of carboxylic acid groups (broad SMARTS) is 1. The second kappa shape index (κ2) is 15.6. The highest BCUT2D eigenvalue weighted by Crippen LogP contribution is 2.07. The van der Waals surface area contributed by atoms with Crippen LogP contribution in [-0.2, 0) is 19.2 Å². The molecule has 0 bridgehead atoms. The molecule has 32 heavy (non-hydrogen) atoms. The van der Waals surface area contributed by atoms with E-state index in [-0.39, 0.29) is 36.3 Å². The largest absolute Gasteiger partial charge is 0.480 e. The zero-order valence-corrected chi connectivity index (χ0v) is 20.1. The molecule has 0 spiro atoms. The van der Waals surface area contributed by atoms with E-state index in [1.165, 1.54) is 0 Å². The standard InChI is InChI=1S/C18H35N7O5S2/c1-3-9(2)13(19)16(28)23-10(5-4-6-22-18(20)21)14(26)24-11(7-31)15(27)25-12(8-32)17(29)30/h9-13,31-32H,3-8,19H2,1-2H3,(H,23,28)(H,24,26)(H,25,27)(H,29,30)(H4,20,21,22). The number of nitrogens with two attached hydrogens (primary N) is 3. The van der Waals surface area contributed by atoms with Crippen molar-refractivity contribution in [2.45, 2.75) is 57.3 Å². The van der Waals surface area contributed by atoms with Gasteiger partial charge in [-0.2, -0.15) is 25.3 Å². The van der Waals surface area contributed by atoms with Crippen molar-refractivity contribution < 1.29 is 24.3 Å². The lowest BCUT2D eigenvalue weighted by Crippen LogP contribution is -2.58. The second-order valence-electron chi connectivity index (χ2n) is 7.25. The van der Waals surface area contributed by atoms with Crippen LogP contribution in [0, 0.1) is 5.92 Å². The molecule has 184 valence electrons. The van der Waals surface area contributed by atoms with E-state index >= 15 is 0 Å². The fourth-order valence-corrected chi connectivity index (χ4v) is 2.98. The minimum absolute atomic E-state index is 0.0992. The summed E-state index contributed by atoms with van der Waals surface area (Å²) in [7, 11) is 0. The number of nitrogens with zero attached hydrogens (tertiary/aromatic N) is 1. The van der Waals surface area contributed by atoms with Crippen LogP contribution in [0.5, 0.6) is 0 Å². The molecule has 12 nitrogen and oxygen atoms in total. The lowest BCUT2D eigenvalue weighted by Gasteiger charge is -2.25. The minimum Gasteiger partial charge on any atom is -0.480 e. The van der Waals surface area contributed by atoms with Crippen molar-refractivity contribution >= 4 is 54.9 Å². The minimum atomic E-state index is -1.26. The summed E-state index contributed by atoms with van der Waals surface area (Å²) in [5.74, 6) is -3.59. The molecule has 0 rings (SSSR count). The summed E-state index contributed by atoms with van der Waals surface area (Å²) in [5, 5.41) is 16.4. The van der Waals surface area contributed by atoms with Crippen LogP contribution in [0.1, 0.15) is 33.1 Å². The Hall–Kier alpha value is -2.19. The van der Waals surface area contributed by atoms with Crippen molar-refractivity contribution in [1.82, 2.24) is 16.0 Å². The topological polar surface area (TPSA) is 215 Å². The van der Waals surface area contributed by atoms with Crippen molar-refractivity contribution in [3.63, 3.8) is 0 Å². The van der Waals surface area contributed by atoms with Gasteiger partial charge >= 0.3 is 5.97 Å². The van der Waals surface area contributed by atoms with Gasteiger partial charge in [-0.15, -0.1) is 0 Å². The molecule has 0 aromatic rings. The van der Waals surface area contributed by atoms with Gasteiger partial charge in [-0.3, -0.25) is 19.4 Å². The molecule has 0 fully saturated rings. The first kappa shape index (κ1) is 29.8. The van der Waals surface area contributed by atoms with Crippen LogP contribution in [0.4, 0.5) is 0 Å². The third-order valence-corrected chi connectivity index (χ3v) is 5.48. The number of hydrogen-bond donors (Lipinski definition) is 9. The van der Waals surface area contributed by atoms with Crippen molar-refractivity contribution in [1.29, 1.82) is 0 Å². The molecule has 0 saturated heterocycles. The molecule has 10 N–H and O–H groups in total. The molecule has 5 unspecified atom stereocenters. The number of rotatable bonds is 15. The summed E-state index contributed by atoms with van der Waals surface area (Å²) in [6, 6.07) is -4.19. The van der Waals surface area contributed by atoms with Crippen LogP contribution < -0.4 is 33.2 Å². The van der Waals surface area contributed by atoms with Gasteiger partial charge in [-0.05, 0) is 18.8 Å². The van der Waals surface area contributed by atoms with Crippen molar-refractivity contribution in [2.24, 2.45) is 28.1 Å². The SMILES string of the molecule is CCC(C)C(N)C(=O)NC(CCCN=C(N)N)C(=O)NC(CS)C(=O)NC(CS)C(=O)O. The number of amides is 3. The van der Waals surface area contributed by atoms with Gasteiger partial charge in [-0.1, -0.05) is 20.3 Å². The number of guanidine groups is 1. The third-order valence-electron chi connectivity index (χ3n) is 4.75. The fourth-order valence-electron chi connectivity index (χ4n) is 2.48. The number of nitrogens with one attached hydrogen (secondary N) is 3. The highest BCUT2D eigenvalue weighted by Gasteiger charge is 2.30. The number of carbonyl (C=O) groups is 4. The van der Waals surface area contributed by atoms with E-state index < -0.39 is 47.9 Å². The highest BCUT2D eigenvalue weighted by atomic mass is 32.1. The van der Waals surface area contributed by atoms with Gasteiger partial charge < -0.3 is 38.3 Å². The Labute approximate surface area is 198 Å². The van der Waals surface area contributed by atoms with E-state index in [9.17, 15) is 19.2 Å². The molecule has 0 aliphatic carbocycles. The van der Waals surface area contributed by atoms with Gasteiger partial charge in [0.25, 0.3) is 0 Å². The maximum absolute atomic E-state index is 12.8. The monoisotopic (exact) mass is 493 g/mol. The Balaban J connectivity index is 5.32. The molecular weight excluding hydrogens is 458 g/mol. The summed E-state index contributed by atoms with van der Waals surface area (Å²) in [6.45, 7) is 3.94. The lowest BCUT2D eigenvalue weighted by atomic mass is 9.98. The van der Waals surface area contributed by atoms with Gasteiger partial charge in [0.15, 0.2) is 5.96 Å². The summed E-state index contributed by atoms with van der Waals surface area (Å²) in [4.78, 5) is 52.7. The molecule has 0 aromatic carbocycles. The zero-order valence-electron chi connectivity index (χ0n) is 18.3. The zero-order chi connectivity index (χ0) is 24.8. The van der Waals surface area contributed by atoms with Crippen LogP contribution in [-0.4, -0.2) is 77.0 Å². The first-order valence-electron chi connectivity index (χ1n) is 10.1. The number of carboxylic acids is 1. The molecule has 0 aliphatic rings. The highest BCUT2D eigenvalue weighted by molar-refractivity contribution is 7.80. The van der Waals surface area contributed by atoms with E-state index in [2.05, 4.69) is 46.2 Å². The van der Waals surface area contributed by atoms with Gasteiger partial charge in [-0.25, -0.2) is 4.79 Å². The number of aliphatic carboxylic acids is 1. The van der Waals surface area contributed by atoms with Crippen LogP contribution in [0.3, 0.4) is 0 Å². The van der Waals surface area contributed by atoms with Crippen molar-refractivity contribution in [2.75, 3.05) is 18.1 Å². The number of aliphatic imine (C=N–C) groups is 1. The predicted octanol–water partition coefficient (Wildman–Crippen LogP) is -2.19. The van der Waals surface area contributed by atoms with Crippen molar-refractivity contribution in [3.8, 4) is 0 Å². The van der Waals surface area contributed by atoms with E-state index in [1.54, 1.807) is 0 Å². The Morgan fingerprint density at radius 1 is 0.938 bits per heavy atom. The molecule has 5 atom stereocenters. The average molecular weight is 494 g/mol. The number of carbonyl (C=O) groups excluding carboxylic acids is 3. The summed E-state index contributed by atoms with van der Waals surface area (Å²) < 4.78 is 0. The average Bonchev–Trinajstić information content (AvgIpc) is 2.75. The molecule has 14 heteroatoms. The van der Waals surface area contributed by atoms with E-state index in [4.69, 9.17) is 22.3 Å². The maximum Gasteiger partial charge on any atom is 0.327 e. The summed E-state index contributed by atoms with van der Waals surface area (Å²) >= 11 is 7.94. The first-order valence-corrected chi connectivity index (χ1v) is 11.4. The molecule has 0 heterocycles. The predicted molar refractivity (Wildman–Crippen MR) is 128 cm³/mol.